The topological polar surface area (TPSA) is 30.2 Å². The molecule has 0 fully saturated rings. The van der Waals surface area contributed by atoms with Crippen molar-refractivity contribution in [3.8, 4) is 0 Å². The molecule has 0 saturated heterocycles. The number of furan rings is 1. The Balaban J connectivity index is 2.11. The van der Waals surface area contributed by atoms with E-state index in [0.29, 0.717) is 11.3 Å². The molecule has 0 amide bonds. The van der Waals surface area contributed by atoms with E-state index < -0.39 is 0 Å². The summed E-state index contributed by atoms with van der Waals surface area (Å²) >= 11 is 0. The van der Waals surface area contributed by atoms with Gasteiger partial charge in [-0.05, 0) is 31.2 Å². The van der Waals surface area contributed by atoms with Crippen molar-refractivity contribution in [1.82, 2.24) is 0 Å². The SMILES string of the molecule is Cc1ccc(/C=C/C(=O)c2ccccc2)o1. The number of carbonyl (C=O) groups is 1. The smallest absolute Gasteiger partial charge is 0.185 e. The highest BCUT2D eigenvalue weighted by Gasteiger charge is 2.00. The van der Waals surface area contributed by atoms with Crippen molar-refractivity contribution in [1.29, 1.82) is 0 Å². The largest absolute Gasteiger partial charge is 0.462 e. The van der Waals surface area contributed by atoms with Gasteiger partial charge in [0, 0.05) is 5.56 Å². The summed E-state index contributed by atoms with van der Waals surface area (Å²) in [7, 11) is 0. The Kier molecular flexibility index (Phi) is 3.01. The molecule has 0 saturated carbocycles. The summed E-state index contributed by atoms with van der Waals surface area (Å²) in [6.45, 7) is 1.87. The van der Waals surface area contributed by atoms with Gasteiger partial charge in [0.15, 0.2) is 5.78 Å². The number of ketones is 1. The highest BCUT2D eigenvalue weighted by atomic mass is 16.3. The van der Waals surface area contributed by atoms with Crippen LogP contribution in [0, 0.1) is 6.92 Å². The summed E-state index contributed by atoms with van der Waals surface area (Å²) in [5.41, 5.74) is 0.682. The normalized spacial score (nSPS) is 10.8. The Hall–Kier alpha value is -2.09. The van der Waals surface area contributed by atoms with Crippen molar-refractivity contribution in [2.45, 2.75) is 6.92 Å². The van der Waals surface area contributed by atoms with Gasteiger partial charge in [0.1, 0.15) is 11.5 Å². The zero-order chi connectivity index (χ0) is 11.4. The molecule has 0 atom stereocenters. The zero-order valence-corrected chi connectivity index (χ0v) is 9.01. The number of hydrogen-bond donors (Lipinski definition) is 0. The highest BCUT2D eigenvalue weighted by Crippen LogP contribution is 2.09. The highest BCUT2D eigenvalue weighted by molar-refractivity contribution is 6.06. The molecule has 2 aromatic rings. The maximum absolute atomic E-state index is 11.7. The maximum Gasteiger partial charge on any atom is 0.185 e. The molecule has 0 N–H and O–H groups in total. The maximum atomic E-state index is 11.7. The molecule has 2 rings (SSSR count). The molecule has 0 spiro atoms. The number of carbonyl (C=O) groups excluding carboxylic acids is 1. The van der Waals surface area contributed by atoms with Gasteiger partial charge in [0.05, 0.1) is 0 Å². The average Bonchev–Trinajstić information content (AvgIpc) is 2.73. The fourth-order valence-corrected chi connectivity index (χ4v) is 1.40. The quantitative estimate of drug-likeness (QED) is 0.576. The summed E-state index contributed by atoms with van der Waals surface area (Å²) in [4.78, 5) is 11.7. The van der Waals surface area contributed by atoms with Crippen molar-refractivity contribution < 1.29 is 9.21 Å². The van der Waals surface area contributed by atoms with Crippen LogP contribution in [0.5, 0.6) is 0 Å². The van der Waals surface area contributed by atoms with Crippen LogP contribution < -0.4 is 0 Å². The second-order valence-electron chi connectivity index (χ2n) is 3.51. The summed E-state index contributed by atoms with van der Waals surface area (Å²) in [5.74, 6) is 1.52. The molecule has 0 aliphatic heterocycles. The first-order chi connectivity index (χ1) is 7.75. The van der Waals surface area contributed by atoms with Crippen LogP contribution >= 0.6 is 0 Å². The van der Waals surface area contributed by atoms with Crippen molar-refractivity contribution in [3.05, 3.63) is 65.6 Å². The molecule has 1 aromatic heterocycles. The van der Waals surface area contributed by atoms with Crippen molar-refractivity contribution in [2.75, 3.05) is 0 Å². The number of aryl methyl sites for hydroxylation is 1. The summed E-state index contributed by atoms with van der Waals surface area (Å²) in [6.07, 6.45) is 3.20. The van der Waals surface area contributed by atoms with Gasteiger partial charge in [0.25, 0.3) is 0 Å². The van der Waals surface area contributed by atoms with Crippen molar-refractivity contribution in [3.63, 3.8) is 0 Å². The monoisotopic (exact) mass is 212 g/mol. The molecule has 80 valence electrons. The lowest BCUT2D eigenvalue weighted by molar-refractivity contribution is 0.104. The Morgan fingerprint density at radius 2 is 1.88 bits per heavy atom. The first-order valence-corrected chi connectivity index (χ1v) is 5.09. The molecule has 2 heteroatoms. The molecule has 0 radical (unpaired) electrons. The van der Waals surface area contributed by atoms with E-state index in [0.717, 1.165) is 5.76 Å². The van der Waals surface area contributed by atoms with Crippen LogP contribution in [0.15, 0.2) is 53.0 Å². The fourth-order valence-electron chi connectivity index (χ4n) is 1.40. The first-order valence-electron chi connectivity index (χ1n) is 5.09. The van der Waals surface area contributed by atoms with Gasteiger partial charge in [-0.15, -0.1) is 0 Å². The van der Waals surface area contributed by atoms with Crippen LogP contribution in [0.3, 0.4) is 0 Å². The minimum atomic E-state index is -0.0188. The molecule has 0 bridgehead atoms. The number of rotatable bonds is 3. The van der Waals surface area contributed by atoms with Crippen LogP contribution in [0.2, 0.25) is 0 Å². The molecule has 1 heterocycles. The van der Waals surface area contributed by atoms with Crippen LogP contribution in [0.25, 0.3) is 6.08 Å². The third-order valence-corrected chi connectivity index (χ3v) is 2.22. The molecular weight excluding hydrogens is 200 g/mol. The van der Waals surface area contributed by atoms with Crippen molar-refractivity contribution in [2.24, 2.45) is 0 Å². The third kappa shape index (κ3) is 2.48. The first kappa shape index (κ1) is 10.4. The summed E-state index contributed by atoms with van der Waals surface area (Å²) in [5, 5.41) is 0. The number of allylic oxidation sites excluding steroid dienone is 1. The van der Waals surface area contributed by atoms with E-state index in [1.54, 1.807) is 18.2 Å². The van der Waals surface area contributed by atoms with Gasteiger partial charge in [-0.1, -0.05) is 30.3 Å². The second kappa shape index (κ2) is 4.62. The van der Waals surface area contributed by atoms with E-state index in [1.807, 2.05) is 37.3 Å². The lowest BCUT2D eigenvalue weighted by Crippen LogP contribution is -1.92. The molecule has 0 aliphatic rings. The summed E-state index contributed by atoms with van der Waals surface area (Å²) in [6, 6.07) is 12.9. The van der Waals surface area contributed by atoms with E-state index in [1.165, 1.54) is 6.08 Å². The van der Waals surface area contributed by atoms with Crippen LogP contribution in [-0.4, -0.2) is 5.78 Å². The van der Waals surface area contributed by atoms with E-state index in [9.17, 15) is 4.79 Å². The molecule has 0 unspecified atom stereocenters. The van der Waals surface area contributed by atoms with E-state index in [4.69, 9.17) is 4.42 Å². The van der Waals surface area contributed by atoms with Gasteiger partial charge in [0.2, 0.25) is 0 Å². The van der Waals surface area contributed by atoms with Crippen LogP contribution in [0.1, 0.15) is 21.9 Å². The molecule has 16 heavy (non-hydrogen) atoms. The van der Waals surface area contributed by atoms with Gasteiger partial charge >= 0.3 is 0 Å². The predicted octanol–water partition coefficient (Wildman–Crippen LogP) is 3.48. The molecular formula is C14H12O2. The van der Waals surface area contributed by atoms with Gasteiger partial charge in [-0.2, -0.15) is 0 Å². The lowest BCUT2D eigenvalue weighted by Gasteiger charge is -1.92. The Labute approximate surface area is 94.2 Å². The zero-order valence-electron chi connectivity index (χ0n) is 9.01. The molecule has 0 aliphatic carbocycles. The van der Waals surface area contributed by atoms with E-state index in [-0.39, 0.29) is 5.78 Å². The molecule has 2 nitrogen and oxygen atoms in total. The van der Waals surface area contributed by atoms with Gasteiger partial charge < -0.3 is 4.42 Å². The summed E-state index contributed by atoms with van der Waals surface area (Å²) < 4.78 is 5.33. The third-order valence-electron chi connectivity index (χ3n) is 2.22. The number of benzene rings is 1. The van der Waals surface area contributed by atoms with Crippen LogP contribution in [-0.2, 0) is 0 Å². The average molecular weight is 212 g/mol. The number of hydrogen-bond acceptors (Lipinski definition) is 2. The van der Waals surface area contributed by atoms with Crippen molar-refractivity contribution >= 4 is 11.9 Å². The van der Waals surface area contributed by atoms with Crippen LogP contribution in [0.4, 0.5) is 0 Å². The van der Waals surface area contributed by atoms with E-state index >= 15 is 0 Å². The Bertz CT molecular complexity index is 507. The minimum absolute atomic E-state index is 0.0188. The van der Waals surface area contributed by atoms with Gasteiger partial charge in [-0.3, -0.25) is 4.79 Å². The van der Waals surface area contributed by atoms with Gasteiger partial charge in [-0.25, -0.2) is 0 Å². The standard InChI is InChI=1S/C14H12O2/c1-11-7-8-13(16-11)9-10-14(15)12-5-3-2-4-6-12/h2-10H,1H3/b10-9+. The minimum Gasteiger partial charge on any atom is -0.462 e. The second-order valence-corrected chi connectivity index (χ2v) is 3.51. The molecule has 1 aromatic carbocycles. The Morgan fingerprint density at radius 1 is 1.12 bits per heavy atom. The Morgan fingerprint density at radius 3 is 2.50 bits per heavy atom. The predicted molar refractivity (Wildman–Crippen MR) is 63.3 cm³/mol. The lowest BCUT2D eigenvalue weighted by atomic mass is 10.1. The van der Waals surface area contributed by atoms with E-state index in [2.05, 4.69) is 0 Å². The fraction of sp³-hybridized carbons (Fsp3) is 0.0714.